The highest BCUT2D eigenvalue weighted by Gasteiger charge is 2.20. The maximum atomic E-state index is 12.0. The molecule has 20 heavy (non-hydrogen) atoms. The first-order valence-electron chi connectivity index (χ1n) is 7.83. The zero-order valence-corrected chi connectivity index (χ0v) is 13.0. The lowest BCUT2D eigenvalue weighted by Gasteiger charge is -2.34. The summed E-state index contributed by atoms with van der Waals surface area (Å²) < 4.78 is 0. The number of nitrogens with one attached hydrogen (secondary N) is 1. The Hall–Kier alpha value is -0.940. The van der Waals surface area contributed by atoms with Gasteiger partial charge in [-0.2, -0.15) is 0 Å². The molecule has 1 fully saturated rings. The Morgan fingerprint density at radius 2 is 1.75 bits per heavy atom. The van der Waals surface area contributed by atoms with E-state index in [9.17, 15) is 9.59 Å². The zero-order chi connectivity index (χ0) is 14.8. The lowest BCUT2D eigenvalue weighted by molar-refractivity contribution is -0.133. The second-order valence-electron chi connectivity index (χ2n) is 5.43. The van der Waals surface area contributed by atoms with E-state index in [-0.39, 0.29) is 11.7 Å². The molecule has 0 aromatic heterocycles. The molecule has 1 N–H and O–H groups in total. The molecule has 0 aliphatic carbocycles. The van der Waals surface area contributed by atoms with E-state index >= 15 is 0 Å². The summed E-state index contributed by atoms with van der Waals surface area (Å²) in [6.45, 7) is 7.64. The first kappa shape index (κ1) is 17.1. The Morgan fingerprint density at radius 3 is 2.35 bits per heavy atom. The van der Waals surface area contributed by atoms with E-state index in [1.807, 2.05) is 18.9 Å². The van der Waals surface area contributed by atoms with E-state index in [0.717, 1.165) is 45.7 Å². The summed E-state index contributed by atoms with van der Waals surface area (Å²) in [7, 11) is 1.97. The molecule has 5 nitrogen and oxygen atoms in total. The van der Waals surface area contributed by atoms with Crippen molar-refractivity contribution >= 4 is 11.7 Å². The van der Waals surface area contributed by atoms with Crippen molar-refractivity contribution in [3.05, 3.63) is 0 Å². The van der Waals surface area contributed by atoms with Gasteiger partial charge >= 0.3 is 0 Å². The molecule has 0 saturated carbocycles. The molecule has 116 valence electrons. The molecule has 1 rings (SSSR count). The van der Waals surface area contributed by atoms with Crippen molar-refractivity contribution < 1.29 is 9.59 Å². The summed E-state index contributed by atoms with van der Waals surface area (Å²) in [5.41, 5.74) is 0. The van der Waals surface area contributed by atoms with Gasteiger partial charge < -0.3 is 10.2 Å². The number of hydrogen-bond acceptors (Lipinski definition) is 4. The minimum Gasteiger partial charge on any atom is -0.340 e. The van der Waals surface area contributed by atoms with Gasteiger partial charge in [0.2, 0.25) is 5.91 Å². The molecule has 1 amide bonds. The second kappa shape index (κ2) is 9.88. The molecular formula is C15H29N3O2. The van der Waals surface area contributed by atoms with Crippen molar-refractivity contribution in [2.45, 2.75) is 39.0 Å². The SMILES string of the molecule is CCC(=O)CCCC(=O)N1CCN(CCCNC)CC1. The number of nitrogens with zero attached hydrogens (tertiary/aromatic N) is 2. The summed E-state index contributed by atoms with van der Waals surface area (Å²) in [6, 6.07) is 0. The minimum atomic E-state index is 0.212. The van der Waals surface area contributed by atoms with Crippen LogP contribution in [0, 0.1) is 0 Å². The maximum absolute atomic E-state index is 12.0. The zero-order valence-electron chi connectivity index (χ0n) is 13.0. The maximum Gasteiger partial charge on any atom is 0.222 e. The molecule has 0 aromatic rings. The van der Waals surface area contributed by atoms with Gasteiger partial charge in [0.05, 0.1) is 0 Å². The molecule has 1 saturated heterocycles. The Bertz CT molecular complexity index is 299. The summed E-state index contributed by atoms with van der Waals surface area (Å²) in [5, 5.41) is 3.15. The second-order valence-corrected chi connectivity index (χ2v) is 5.43. The molecule has 1 aliphatic rings. The van der Waals surface area contributed by atoms with E-state index in [4.69, 9.17) is 0 Å². The molecule has 5 heteroatoms. The van der Waals surface area contributed by atoms with Gasteiger partial charge in [0.25, 0.3) is 0 Å². The Labute approximate surface area is 122 Å². The predicted molar refractivity (Wildman–Crippen MR) is 80.7 cm³/mol. The normalized spacial score (nSPS) is 16.4. The number of hydrogen-bond donors (Lipinski definition) is 1. The Kier molecular flexibility index (Phi) is 8.46. The average Bonchev–Trinajstić information content (AvgIpc) is 2.48. The topological polar surface area (TPSA) is 52.7 Å². The lowest BCUT2D eigenvalue weighted by atomic mass is 10.1. The van der Waals surface area contributed by atoms with Crippen LogP contribution in [0.2, 0.25) is 0 Å². The van der Waals surface area contributed by atoms with Crippen molar-refractivity contribution in [3.63, 3.8) is 0 Å². The summed E-state index contributed by atoms with van der Waals surface area (Å²) in [4.78, 5) is 27.6. The fourth-order valence-corrected chi connectivity index (χ4v) is 2.47. The highest BCUT2D eigenvalue weighted by Crippen LogP contribution is 2.07. The molecule has 1 aliphatic heterocycles. The predicted octanol–water partition coefficient (Wildman–Crippen LogP) is 0.890. The van der Waals surface area contributed by atoms with Crippen LogP contribution in [-0.2, 0) is 9.59 Å². The minimum absolute atomic E-state index is 0.212. The fourth-order valence-electron chi connectivity index (χ4n) is 2.47. The average molecular weight is 283 g/mol. The number of amides is 1. The molecule has 0 aromatic carbocycles. The van der Waals surface area contributed by atoms with Gasteiger partial charge in [-0.05, 0) is 33.0 Å². The fraction of sp³-hybridized carbons (Fsp3) is 0.867. The number of rotatable bonds is 9. The Morgan fingerprint density at radius 1 is 1.05 bits per heavy atom. The highest BCUT2D eigenvalue weighted by atomic mass is 16.2. The van der Waals surface area contributed by atoms with Crippen LogP contribution in [0.25, 0.3) is 0 Å². The third-order valence-electron chi connectivity index (χ3n) is 3.87. The molecule has 0 unspecified atom stereocenters. The number of carbonyl (C=O) groups excluding carboxylic acids is 2. The number of Topliss-reactive ketones (excluding diaryl/α,β-unsaturated/α-hetero) is 1. The summed E-state index contributed by atoms with van der Waals surface area (Å²) >= 11 is 0. The largest absolute Gasteiger partial charge is 0.340 e. The van der Waals surface area contributed by atoms with Crippen LogP contribution >= 0.6 is 0 Å². The molecular weight excluding hydrogens is 254 g/mol. The van der Waals surface area contributed by atoms with Crippen molar-refractivity contribution in [1.82, 2.24) is 15.1 Å². The lowest BCUT2D eigenvalue weighted by Crippen LogP contribution is -2.49. The van der Waals surface area contributed by atoms with Crippen molar-refractivity contribution in [1.29, 1.82) is 0 Å². The van der Waals surface area contributed by atoms with Crippen LogP contribution in [0.1, 0.15) is 39.0 Å². The molecule has 0 atom stereocenters. The van der Waals surface area contributed by atoms with E-state index in [2.05, 4.69) is 10.2 Å². The van der Waals surface area contributed by atoms with E-state index in [1.54, 1.807) is 0 Å². The smallest absolute Gasteiger partial charge is 0.222 e. The molecule has 0 radical (unpaired) electrons. The van der Waals surface area contributed by atoms with Crippen molar-refractivity contribution in [3.8, 4) is 0 Å². The first-order chi connectivity index (χ1) is 9.67. The number of ketones is 1. The monoisotopic (exact) mass is 283 g/mol. The summed E-state index contributed by atoms with van der Waals surface area (Å²) in [5.74, 6) is 0.468. The van der Waals surface area contributed by atoms with Crippen LogP contribution in [0.15, 0.2) is 0 Å². The third-order valence-corrected chi connectivity index (χ3v) is 3.87. The van der Waals surface area contributed by atoms with Gasteiger partial charge in [-0.1, -0.05) is 6.92 Å². The standard InChI is InChI=1S/C15H29N3O2/c1-3-14(19)6-4-7-15(20)18-12-10-17(11-13-18)9-5-8-16-2/h16H,3-13H2,1-2H3. The van der Waals surface area contributed by atoms with Gasteiger partial charge in [0.1, 0.15) is 5.78 Å². The van der Waals surface area contributed by atoms with E-state index in [1.165, 1.54) is 0 Å². The molecule has 0 spiro atoms. The van der Waals surface area contributed by atoms with Gasteiger partial charge in [-0.3, -0.25) is 14.5 Å². The number of piperazine rings is 1. The van der Waals surface area contributed by atoms with Gasteiger partial charge in [-0.25, -0.2) is 0 Å². The van der Waals surface area contributed by atoms with Gasteiger partial charge in [0.15, 0.2) is 0 Å². The van der Waals surface area contributed by atoms with Crippen LogP contribution in [-0.4, -0.2) is 67.8 Å². The van der Waals surface area contributed by atoms with Crippen molar-refractivity contribution in [2.75, 3.05) is 46.3 Å². The Balaban J connectivity index is 2.14. The third kappa shape index (κ3) is 6.48. The van der Waals surface area contributed by atoms with Crippen molar-refractivity contribution in [2.24, 2.45) is 0 Å². The van der Waals surface area contributed by atoms with Crippen LogP contribution in [0.3, 0.4) is 0 Å². The van der Waals surface area contributed by atoms with Crippen LogP contribution < -0.4 is 5.32 Å². The first-order valence-corrected chi connectivity index (χ1v) is 7.83. The van der Waals surface area contributed by atoms with Gasteiger partial charge in [-0.15, -0.1) is 0 Å². The number of carbonyl (C=O) groups is 2. The molecule has 1 heterocycles. The summed E-state index contributed by atoms with van der Waals surface area (Å²) in [6.07, 6.45) is 3.51. The van der Waals surface area contributed by atoms with Crippen LogP contribution in [0.4, 0.5) is 0 Å². The van der Waals surface area contributed by atoms with E-state index in [0.29, 0.717) is 25.7 Å². The highest BCUT2D eigenvalue weighted by molar-refractivity contribution is 5.80. The quantitative estimate of drug-likeness (QED) is 0.639. The molecule has 0 bridgehead atoms. The van der Waals surface area contributed by atoms with E-state index < -0.39 is 0 Å². The van der Waals surface area contributed by atoms with Crippen LogP contribution in [0.5, 0.6) is 0 Å². The van der Waals surface area contributed by atoms with Gasteiger partial charge in [0, 0.05) is 45.4 Å².